The maximum atomic E-state index is 14.4. The molecule has 6 nitrogen and oxygen atoms in total. The summed E-state index contributed by atoms with van der Waals surface area (Å²) in [5.74, 6) is -4.57. The molecule has 1 aliphatic heterocycles. The first-order valence-electron chi connectivity index (χ1n) is 10.5. The highest BCUT2D eigenvalue weighted by Crippen LogP contribution is 2.38. The van der Waals surface area contributed by atoms with Crippen molar-refractivity contribution in [3.63, 3.8) is 0 Å². The van der Waals surface area contributed by atoms with E-state index >= 15 is 0 Å². The highest BCUT2D eigenvalue weighted by atomic mass is 79.9. The van der Waals surface area contributed by atoms with Gasteiger partial charge in [-0.2, -0.15) is 0 Å². The fourth-order valence-corrected chi connectivity index (χ4v) is 4.28. The molecule has 3 amide bonds. The first-order chi connectivity index (χ1) is 16.6. The molecule has 1 atom stereocenters. The summed E-state index contributed by atoms with van der Waals surface area (Å²) in [4.78, 5) is 32.5. The van der Waals surface area contributed by atoms with Crippen molar-refractivity contribution >= 4 is 33.6 Å². The fourth-order valence-electron chi connectivity index (χ4n) is 3.85. The Labute approximate surface area is 206 Å². The third-order valence-corrected chi connectivity index (χ3v) is 6.63. The maximum absolute atomic E-state index is 14.4. The van der Waals surface area contributed by atoms with Gasteiger partial charge in [-0.05, 0) is 40.5 Å². The summed E-state index contributed by atoms with van der Waals surface area (Å²) >= 11 is 3.25. The first-order valence-corrected chi connectivity index (χ1v) is 11.3. The lowest BCUT2D eigenvalue weighted by atomic mass is 9.98. The normalized spacial score (nSPS) is 15.3. The summed E-state index contributed by atoms with van der Waals surface area (Å²) in [6.07, 6.45) is 2.46. The number of benzene rings is 2. The molecule has 0 aliphatic carbocycles. The Morgan fingerprint density at radius 1 is 1.06 bits per heavy atom. The molecule has 2 aromatic carbocycles. The molecule has 1 N–H and O–H groups in total. The van der Waals surface area contributed by atoms with Crippen LogP contribution in [0.2, 0.25) is 0 Å². The molecule has 1 aliphatic rings. The predicted octanol–water partition coefficient (Wildman–Crippen LogP) is 5.46. The topological polar surface area (TPSA) is 65.5 Å². The number of fused-ring (bicyclic) bond motifs is 1. The molecule has 0 fully saturated rings. The monoisotopic (exact) mass is 550 g/mol. The Morgan fingerprint density at radius 2 is 1.74 bits per heavy atom. The van der Waals surface area contributed by atoms with Crippen LogP contribution in [0.3, 0.4) is 0 Å². The standard InChI is InChI=1S/C24H19BrF4N4O2/c1-12-15-4-3-13(23(34)31-8-16-19(27)6-14(26)7-20(16)28)5-22(15)33(24(35)32(12)2)11-17-18(25)9-30-10-21(17)29/h3-7,9-10,12H,8,11H2,1-2H3,(H,31,34). The van der Waals surface area contributed by atoms with Crippen molar-refractivity contribution in [3.8, 4) is 0 Å². The molecular formula is C24H19BrF4N4O2. The summed E-state index contributed by atoms with van der Waals surface area (Å²) in [6.45, 7) is 1.18. The van der Waals surface area contributed by atoms with Crippen LogP contribution < -0.4 is 10.2 Å². The number of hydrogen-bond donors (Lipinski definition) is 1. The number of hydrogen-bond acceptors (Lipinski definition) is 3. The van der Waals surface area contributed by atoms with Crippen molar-refractivity contribution in [3.05, 3.63) is 92.7 Å². The maximum Gasteiger partial charge on any atom is 0.325 e. The fraction of sp³-hybridized carbons (Fsp3) is 0.208. The molecule has 2 heterocycles. The second-order valence-corrected chi connectivity index (χ2v) is 8.90. The van der Waals surface area contributed by atoms with E-state index in [9.17, 15) is 27.2 Å². The van der Waals surface area contributed by atoms with Crippen molar-refractivity contribution in [1.29, 1.82) is 0 Å². The van der Waals surface area contributed by atoms with E-state index in [1.165, 1.54) is 28.1 Å². The minimum Gasteiger partial charge on any atom is -0.348 e. The van der Waals surface area contributed by atoms with Crippen molar-refractivity contribution in [2.75, 3.05) is 11.9 Å². The van der Waals surface area contributed by atoms with Crippen LogP contribution in [-0.2, 0) is 13.1 Å². The van der Waals surface area contributed by atoms with Gasteiger partial charge in [-0.25, -0.2) is 22.4 Å². The van der Waals surface area contributed by atoms with Gasteiger partial charge < -0.3 is 10.2 Å². The molecule has 1 unspecified atom stereocenters. The molecule has 3 aromatic rings. The number of nitrogens with one attached hydrogen (secondary N) is 1. The van der Waals surface area contributed by atoms with Crippen LogP contribution in [0.25, 0.3) is 0 Å². The van der Waals surface area contributed by atoms with Crippen molar-refractivity contribution in [2.24, 2.45) is 0 Å². The number of pyridine rings is 1. The van der Waals surface area contributed by atoms with Crippen molar-refractivity contribution in [1.82, 2.24) is 15.2 Å². The Morgan fingerprint density at radius 3 is 2.40 bits per heavy atom. The number of urea groups is 1. The largest absolute Gasteiger partial charge is 0.348 e. The van der Waals surface area contributed by atoms with E-state index in [2.05, 4.69) is 26.2 Å². The average Bonchev–Trinajstić information content (AvgIpc) is 2.80. The number of halogens is 5. The molecule has 4 rings (SSSR count). The van der Waals surface area contributed by atoms with E-state index in [1.807, 2.05) is 6.92 Å². The Kier molecular flexibility index (Phi) is 6.79. The minimum atomic E-state index is -1.12. The minimum absolute atomic E-state index is 0.121. The molecule has 1 aromatic heterocycles. The van der Waals surface area contributed by atoms with Gasteiger partial charge in [-0.3, -0.25) is 14.7 Å². The van der Waals surface area contributed by atoms with E-state index in [0.717, 1.165) is 11.8 Å². The van der Waals surface area contributed by atoms with E-state index in [4.69, 9.17) is 0 Å². The van der Waals surface area contributed by atoms with Gasteiger partial charge in [0.05, 0.1) is 24.5 Å². The highest BCUT2D eigenvalue weighted by molar-refractivity contribution is 9.10. The number of nitrogens with zero attached hydrogens (tertiary/aromatic N) is 3. The lowest BCUT2D eigenvalue weighted by molar-refractivity contribution is 0.0950. The molecule has 35 heavy (non-hydrogen) atoms. The zero-order valence-corrected chi connectivity index (χ0v) is 20.2. The van der Waals surface area contributed by atoms with Crippen LogP contribution in [0.1, 0.15) is 40.0 Å². The molecule has 182 valence electrons. The lowest BCUT2D eigenvalue weighted by Gasteiger charge is -2.39. The number of anilines is 1. The molecule has 0 saturated carbocycles. The first kappa shape index (κ1) is 24.6. The third kappa shape index (κ3) is 4.72. The summed E-state index contributed by atoms with van der Waals surface area (Å²) in [5, 5.41) is 2.41. The summed E-state index contributed by atoms with van der Waals surface area (Å²) in [5.41, 5.74) is 0.970. The second kappa shape index (κ2) is 9.65. The Hall–Kier alpha value is -3.47. The third-order valence-electron chi connectivity index (χ3n) is 5.95. The number of carbonyl (C=O) groups is 2. The van der Waals surface area contributed by atoms with Crippen LogP contribution in [0.5, 0.6) is 0 Å². The van der Waals surface area contributed by atoms with Gasteiger partial charge >= 0.3 is 6.03 Å². The smallest absolute Gasteiger partial charge is 0.325 e. The number of aromatic nitrogens is 1. The predicted molar refractivity (Wildman–Crippen MR) is 124 cm³/mol. The lowest BCUT2D eigenvalue weighted by Crippen LogP contribution is -2.46. The molecule has 11 heteroatoms. The average molecular weight is 551 g/mol. The number of amides is 3. The zero-order chi connectivity index (χ0) is 25.4. The Balaban J connectivity index is 1.65. The Bertz CT molecular complexity index is 1290. The van der Waals surface area contributed by atoms with Crippen molar-refractivity contribution < 1.29 is 27.2 Å². The summed E-state index contributed by atoms with van der Waals surface area (Å²) in [6, 6.07) is 4.99. The van der Waals surface area contributed by atoms with Gasteiger partial charge in [0.1, 0.15) is 23.3 Å². The SMILES string of the molecule is CC1c2ccc(C(=O)NCc3c(F)cc(F)cc3F)cc2N(Cc2c(F)cncc2Br)C(=O)N1C. The van der Waals surface area contributed by atoms with Crippen LogP contribution in [0.4, 0.5) is 28.0 Å². The number of rotatable bonds is 5. The summed E-state index contributed by atoms with van der Waals surface area (Å²) < 4.78 is 55.8. The van der Waals surface area contributed by atoms with E-state index in [0.29, 0.717) is 22.3 Å². The van der Waals surface area contributed by atoms with E-state index in [1.54, 1.807) is 13.1 Å². The number of carbonyl (C=O) groups excluding carboxylic acids is 2. The molecule has 0 saturated heterocycles. The quantitative estimate of drug-likeness (QED) is 0.429. The molecule has 0 spiro atoms. The zero-order valence-electron chi connectivity index (χ0n) is 18.6. The van der Waals surface area contributed by atoms with Crippen LogP contribution in [-0.4, -0.2) is 28.9 Å². The summed E-state index contributed by atoms with van der Waals surface area (Å²) in [7, 11) is 1.62. The van der Waals surface area contributed by atoms with E-state index < -0.39 is 47.3 Å². The van der Waals surface area contributed by atoms with Crippen molar-refractivity contribution in [2.45, 2.75) is 26.1 Å². The highest BCUT2D eigenvalue weighted by Gasteiger charge is 2.34. The van der Waals surface area contributed by atoms with Gasteiger partial charge in [0.15, 0.2) is 0 Å². The van der Waals surface area contributed by atoms with Crippen LogP contribution >= 0.6 is 15.9 Å². The van der Waals surface area contributed by atoms with Gasteiger partial charge in [-0.1, -0.05) is 6.07 Å². The van der Waals surface area contributed by atoms with Gasteiger partial charge in [0, 0.05) is 53.1 Å². The molecule has 0 bridgehead atoms. The van der Waals surface area contributed by atoms with Crippen LogP contribution in [0, 0.1) is 23.3 Å². The molecule has 0 radical (unpaired) electrons. The van der Waals surface area contributed by atoms with Crippen LogP contribution in [0.15, 0.2) is 47.2 Å². The van der Waals surface area contributed by atoms with E-state index in [-0.39, 0.29) is 23.7 Å². The van der Waals surface area contributed by atoms with Gasteiger partial charge in [0.25, 0.3) is 5.91 Å². The van der Waals surface area contributed by atoms with Gasteiger partial charge in [-0.15, -0.1) is 0 Å². The van der Waals surface area contributed by atoms with Gasteiger partial charge in [0.2, 0.25) is 0 Å². The second-order valence-electron chi connectivity index (χ2n) is 8.04. The molecular weight excluding hydrogens is 532 g/mol.